The quantitative estimate of drug-likeness (QED) is 0.168. The van der Waals surface area contributed by atoms with E-state index in [1.165, 1.54) is 72.2 Å². The number of rotatable bonds is 6. The molecule has 7 aromatic carbocycles. The summed E-state index contributed by atoms with van der Waals surface area (Å²) in [5.41, 5.74) is 17.7. The van der Waals surface area contributed by atoms with E-state index in [0.29, 0.717) is 5.92 Å². The predicted molar refractivity (Wildman–Crippen MR) is 241 cm³/mol. The molecule has 0 radical (unpaired) electrons. The summed E-state index contributed by atoms with van der Waals surface area (Å²) < 4.78 is 0. The monoisotopic (exact) mass is 732 g/mol. The summed E-state index contributed by atoms with van der Waals surface area (Å²) in [6.45, 7) is 4.72. The summed E-state index contributed by atoms with van der Waals surface area (Å²) in [6.07, 6.45) is 18.3. The van der Waals surface area contributed by atoms with Crippen LogP contribution < -0.4 is 9.80 Å². The highest BCUT2D eigenvalue weighted by Crippen LogP contribution is 2.53. The molecule has 0 bridgehead atoms. The molecule has 4 aliphatic rings. The molecule has 0 aromatic heterocycles. The SMILES string of the molecule is CC1(C)c2ccccc2-c2ccc(N(c3ccc(C4=CCCC=C4)cc3)c3ccc(-c4ccccc4N4c5ccc6ccccc6c5C5C=CC=CC54)cc3)cc21. The zero-order valence-corrected chi connectivity index (χ0v) is 32.4. The van der Waals surface area contributed by atoms with Gasteiger partial charge in [0.2, 0.25) is 0 Å². The lowest BCUT2D eigenvalue weighted by Gasteiger charge is -2.31. The van der Waals surface area contributed by atoms with Gasteiger partial charge in [-0.3, -0.25) is 0 Å². The fourth-order valence-corrected chi connectivity index (χ4v) is 10.0. The van der Waals surface area contributed by atoms with Crippen LogP contribution in [0.4, 0.5) is 28.4 Å². The van der Waals surface area contributed by atoms with Crippen LogP contribution in [0.15, 0.2) is 194 Å². The van der Waals surface area contributed by atoms with Gasteiger partial charge in [-0.25, -0.2) is 0 Å². The molecule has 3 aliphatic carbocycles. The highest BCUT2D eigenvalue weighted by molar-refractivity contribution is 5.97. The molecule has 0 saturated carbocycles. The van der Waals surface area contributed by atoms with Crippen molar-refractivity contribution in [3.8, 4) is 22.3 Å². The highest BCUT2D eigenvalue weighted by Gasteiger charge is 2.39. The van der Waals surface area contributed by atoms with E-state index >= 15 is 0 Å². The van der Waals surface area contributed by atoms with Crippen LogP contribution in [0.25, 0.3) is 38.6 Å². The van der Waals surface area contributed by atoms with Gasteiger partial charge in [-0.15, -0.1) is 0 Å². The second-order valence-electron chi connectivity index (χ2n) is 16.4. The normalized spacial score (nSPS) is 18.2. The molecule has 7 aromatic rings. The molecule has 57 heavy (non-hydrogen) atoms. The number of hydrogen-bond donors (Lipinski definition) is 0. The Kier molecular flexibility index (Phi) is 7.83. The van der Waals surface area contributed by atoms with Crippen molar-refractivity contribution in [3.05, 3.63) is 216 Å². The maximum Gasteiger partial charge on any atom is 0.0630 e. The number of para-hydroxylation sites is 1. The average Bonchev–Trinajstić information content (AvgIpc) is 3.73. The number of fused-ring (bicyclic) bond motifs is 8. The van der Waals surface area contributed by atoms with E-state index in [1.807, 2.05) is 0 Å². The summed E-state index contributed by atoms with van der Waals surface area (Å²) >= 11 is 0. The largest absolute Gasteiger partial charge is 0.333 e. The number of hydrogen-bond acceptors (Lipinski definition) is 2. The molecule has 2 atom stereocenters. The Morgan fingerprint density at radius 3 is 2.05 bits per heavy atom. The molecule has 1 aliphatic heterocycles. The first-order valence-electron chi connectivity index (χ1n) is 20.4. The number of anilines is 5. The fraction of sp³-hybridized carbons (Fsp3) is 0.127. The third-order valence-corrected chi connectivity index (χ3v) is 12.8. The van der Waals surface area contributed by atoms with E-state index in [1.54, 1.807) is 0 Å². The van der Waals surface area contributed by atoms with E-state index in [2.05, 4.69) is 218 Å². The Bertz CT molecular complexity index is 2830. The Hall–Kier alpha value is -6.64. The van der Waals surface area contributed by atoms with Gasteiger partial charge < -0.3 is 9.80 Å². The summed E-state index contributed by atoms with van der Waals surface area (Å²) in [5.74, 6) is 0.294. The smallest absolute Gasteiger partial charge is 0.0630 e. The molecular formula is C55H44N2. The molecule has 11 rings (SSSR count). The highest BCUT2D eigenvalue weighted by atomic mass is 15.2. The first-order valence-corrected chi connectivity index (χ1v) is 20.4. The fourth-order valence-electron chi connectivity index (χ4n) is 10.0. The first kappa shape index (κ1) is 33.7. The Balaban J connectivity index is 1.01. The minimum atomic E-state index is -0.0897. The summed E-state index contributed by atoms with van der Waals surface area (Å²) in [4.78, 5) is 5.00. The molecule has 2 nitrogen and oxygen atoms in total. The first-order chi connectivity index (χ1) is 28.0. The van der Waals surface area contributed by atoms with Crippen LogP contribution in [0.2, 0.25) is 0 Å². The van der Waals surface area contributed by atoms with E-state index in [0.717, 1.165) is 29.9 Å². The van der Waals surface area contributed by atoms with Gasteiger partial charge >= 0.3 is 0 Å². The lowest BCUT2D eigenvalue weighted by Crippen LogP contribution is -2.28. The molecule has 274 valence electrons. The Labute approximate surface area is 336 Å². The van der Waals surface area contributed by atoms with Gasteiger partial charge in [-0.05, 0) is 117 Å². The molecule has 0 N–H and O–H groups in total. The maximum absolute atomic E-state index is 2.57. The van der Waals surface area contributed by atoms with Crippen LogP contribution >= 0.6 is 0 Å². The van der Waals surface area contributed by atoms with Crippen LogP contribution in [0.5, 0.6) is 0 Å². The van der Waals surface area contributed by atoms with E-state index < -0.39 is 0 Å². The zero-order chi connectivity index (χ0) is 38.1. The van der Waals surface area contributed by atoms with Gasteiger partial charge in [0, 0.05) is 45.3 Å². The maximum atomic E-state index is 2.57. The van der Waals surface area contributed by atoms with Gasteiger partial charge in [-0.1, -0.05) is 160 Å². The van der Waals surface area contributed by atoms with Crippen molar-refractivity contribution >= 4 is 44.8 Å². The lowest BCUT2D eigenvalue weighted by atomic mass is 9.82. The van der Waals surface area contributed by atoms with Crippen molar-refractivity contribution in [2.75, 3.05) is 9.80 Å². The second-order valence-corrected chi connectivity index (χ2v) is 16.4. The molecular weight excluding hydrogens is 689 g/mol. The minimum Gasteiger partial charge on any atom is -0.333 e. The summed E-state index contributed by atoms with van der Waals surface area (Å²) in [5, 5.41) is 2.63. The average molecular weight is 733 g/mol. The lowest BCUT2D eigenvalue weighted by molar-refractivity contribution is 0.660. The second kappa shape index (κ2) is 13.2. The van der Waals surface area contributed by atoms with Crippen LogP contribution in [-0.4, -0.2) is 6.04 Å². The van der Waals surface area contributed by atoms with Gasteiger partial charge in [0.15, 0.2) is 0 Å². The van der Waals surface area contributed by atoms with Gasteiger partial charge in [0.05, 0.1) is 6.04 Å². The van der Waals surface area contributed by atoms with Crippen LogP contribution in [-0.2, 0) is 5.41 Å². The topological polar surface area (TPSA) is 6.48 Å². The molecule has 0 spiro atoms. The van der Waals surface area contributed by atoms with Crippen molar-refractivity contribution in [2.24, 2.45) is 0 Å². The standard InChI is InChI=1S/C55H44N2/c1-55(2)49-21-11-8-19-46(49)47-34-33-43(36-50(47)55)56(41-29-24-38(25-30-41)37-14-4-3-5-15-37)42-31-26-40(27-32-42)44-17-9-12-22-51(44)57-52-23-13-10-20-48(52)54-45-18-7-6-16-39(45)28-35-53(54)57/h4,6-36,48,52H,3,5H2,1-2H3. The van der Waals surface area contributed by atoms with Crippen molar-refractivity contribution in [2.45, 2.75) is 44.1 Å². The number of benzene rings is 7. The summed E-state index contributed by atoms with van der Waals surface area (Å²) in [7, 11) is 0. The van der Waals surface area contributed by atoms with Crippen molar-refractivity contribution in [1.82, 2.24) is 0 Å². The number of allylic oxidation sites excluding steroid dienone is 6. The molecule has 2 unspecified atom stereocenters. The Morgan fingerprint density at radius 1 is 0.561 bits per heavy atom. The van der Waals surface area contributed by atoms with Crippen molar-refractivity contribution in [1.29, 1.82) is 0 Å². The van der Waals surface area contributed by atoms with Crippen molar-refractivity contribution in [3.63, 3.8) is 0 Å². The van der Waals surface area contributed by atoms with Crippen LogP contribution in [0.3, 0.4) is 0 Å². The zero-order valence-electron chi connectivity index (χ0n) is 32.4. The van der Waals surface area contributed by atoms with E-state index in [4.69, 9.17) is 0 Å². The molecule has 1 heterocycles. The molecule has 0 saturated heterocycles. The van der Waals surface area contributed by atoms with Crippen molar-refractivity contribution < 1.29 is 0 Å². The third-order valence-electron chi connectivity index (χ3n) is 12.8. The van der Waals surface area contributed by atoms with E-state index in [9.17, 15) is 0 Å². The number of nitrogens with zero attached hydrogens (tertiary/aromatic N) is 2. The van der Waals surface area contributed by atoms with Gasteiger partial charge in [-0.2, -0.15) is 0 Å². The van der Waals surface area contributed by atoms with Gasteiger partial charge in [0.1, 0.15) is 0 Å². The minimum absolute atomic E-state index is 0.0897. The molecule has 2 heteroatoms. The van der Waals surface area contributed by atoms with Crippen LogP contribution in [0, 0.1) is 0 Å². The Morgan fingerprint density at radius 2 is 1.25 bits per heavy atom. The molecule has 0 fully saturated rings. The van der Waals surface area contributed by atoms with Crippen LogP contribution in [0.1, 0.15) is 54.9 Å². The molecule has 0 amide bonds. The summed E-state index contributed by atoms with van der Waals surface area (Å²) in [6, 6.07) is 56.9. The third kappa shape index (κ3) is 5.39. The van der Waals surface area contributed by atoms with Gasteiger partial charge in [0.25, 0.3) is 0 Å². The van der Waals surface area contributed by atoms with E-state index in [-0.39, 0.29) is 11.5 Å². The predicted octanol–water partition coefficient (Wildman–Crippen LogP) is 14.7.